The maximum atomic E-state index is 12.5. The monoisotopic (exact) mass is 279 g/mol. The van der Waals surface area contributed by atoms with Crippen LogP contribution in [0.15, 0.2) is 0 Å². The van der Waals surface area contributed by atoms with Crippen LogP contribution in [0.3, 0.4) is 0 Å². The number of nitrogens with zero attached hydrogens (tertiary/aromatic N) is 2. The number of likely N-dealkylation sites (tertiary alicyclic amines) is 2. The van der Waals surface area contributed by atoms with Gasteiger partial charge >= 0.3 is 0 Å². The minimum Gasteiger partial charge on any atom is -0.341 e. The predicted molar refractivity (Wildman–Crippen MR) is 76.2 cm³/mol. The van der Waals surface area contributed by atoms with Crippen LogP contribution in [0.2, 0.25) is 0 Å². The molecule has 1 N–H and O–H groups in total. The van der Waals surface area contributed by atoms with E-state index in [1.807, 2.05) is 11.8 Å². The molecular formula is C15H25N3O2. The molecule has 2 unspecified atom stereocenters. The first-order chi connectivity index (χ1) is 9.66. The Bertz CT molecular complexity index is 389. The van der Waals surface area contributed by atoms with Crippen LogP contribution in [0, 0.1) is 0 Å². The van der Waals surface area contributed by atoms with Crippen molar-refractivity contribution in [3.05, 3.63) is 0 Å². The van der Waals surface area contributed by atoms with Crippen LogP contribution >= 0.6 is 0 Å². The molecule has 5 nitrogen and oxygen atoms in total. The zero-order valence-corrected chi connectivity index (χ0v) is 12.3. The highest BCUT2D eigenvalue weighted by atomic mass is 16.2. The molecule has 0 aromatic carbocycles. The van der Waals surface area contributed by atoms with Crippen molar-refractivity contribution in [1.82, 2.24) is 15.1 Å². The van der Waals surface area contributed by atoms with Crippen LogP contribution in [0.4, 0.5) is 0 Å². The minimum atomic E-state index is -0.301. The van der Waals surface area contributed by atoms with Crippen LogP contribution in [-0.2, 0) is 9.59 Å². The topological polar surface area (TPSA) is 52.7 Å². The lowest BCUT2D eigenvalue weighted by Gasteiger charge is -2.37. The van der Waals surface area contributed by atoms with E-state index in [-0.39, 0.29) is 23.9 Å². The van der Waals surface area contributed by atoms with Gasteiger partial charge in [-0.15, -0.1) is 0 Å². The van der Waals surface area contributed by atoms with E-state index in [2.05, 4.69) is 5.32 Å². The van der Waals surface area contributed by atoms with Crippen molar-refractivity contribution in [2.24, 2.45) is 0 Å². The Labute approximate surface area is 120 Å². The number of piperidine rings is 1. The fourth-order valence-corrected chi connectivity index (χ4v) is 3.31. The quantitative estimate of drug-likeness (QED) is 0.826. The summed E-state index contributed by atoms with van der Waals surface area (Å²) >= 11 is 0. The molecule has 2 aliphatic heterocycles. The highest BCUT2D eigenvalue weighted by molar-refractivity contribution is 5.90. The van der Waals surface area contributed by atoms with Crippen molar-refractivity contribution in [1.29, 1.82) is 0 Å². The number of hydrogen-bond acceptors (Lipinski definition) is 3. The summed E-state index contributed by atoms with van der Waals surface area (Å²) in [6.45, 7) is 4.32. The summed E-state index contributed by atoms with van der Waals surface area (Å²) in [5.74, 6) is 0.256. The normalized spacial score (nSPS) is 28.9. The van der Waals surface area contributed by atoms with Gasteiger partial charge in [0, 0.05) is 25.7 Å². The molecule has 0 aromatic rings. The lowest BCUT2D eigenvalue weighted by molar-refractivity contribution is -0.147. The van der Waals surface area contributed by atoms with Crippen molar-refractivity contribution in [3.8, 4) is 0 Å². The molecule has 20 heavy (non-hydrogen) atoms. The zero-order chi connectivity index (χ0) is 14.1. The van der Waals surface area contributed by atoms with E-state index in [0.29, 0.717) is 6.04 Å². The van der Waals surface area contributed by atoms with Crippen molar-refractivity contribution < 1.29 is 9.59 Å². The van der Waals surface area contributed by atoms with Crippen LogP contribution in [0.5, 0.6) is 0 Å². The van der Waals surface area contributed by atoms with Gasteiger partial charge in [-0.2, -0.15) is 0 Å². The molecule has 0 bridgehead atoms. The molecule has 2 amide bonds. The third kappa shape index (κ3) is 2.82. The molecule has 3 fully saturated rings. The molecule has 1 saturated carbocycles. The fourth-order valence-electron chi connectivity index (χ4n) is 3.31. The van der Waals surface area contributed by atoms with Crippen LogP contribution in [0.1, 0.15) is 45.4 Å². The van der Waals surface area contributed by atoms with Crippen molar-refractivity contribution in [3.63, 3.8) is 0 Å². The van der Waals surface area contributed by atoms with Crippen LogP contribution in [-0.4, -0.2) is 59.4 Å². The van der Waals surface area contributed by atoms with Crippen LogP contribution < -0.4 is 5.32 Å². The third-order valence-electron chi connectivity index (χ3n) is 4.73. The van der Waals surface area contributed by atoms with Gasteiger partial charge in [0.2, 0.25) is 11.8 Å². The van der Waals surface area contributed by atoms with Gasteiger partial charge in [-0.3, -0.25) is 9.59 Å². The molecular weight excluding hydrogens is 254 g/mol. The molecule has 3 rings (SSSR count). The highest BCUT2D eigenvalue weighted by Crippen LogP contribution is 2.23. The Morgan fingerprint density at radius 2 is 1.85 bits per heavy atom. The molecule has 2 saturated heterocycles. The summed E-state index contributed by atoms with van der Waals surface area (Å²) in [6.07, 6.45) is 6.47. The van der Waals surface area contributed by atoms with E-state index in [0.717, 1.165) is 45.3 Å². The largest absolute Gasteiger partial charge is 0.341 e. The Morgan fingerprint density at radius 1 is 1.15 bits per heavy atom. The van der Waals surface area contributed by atoms with Gasteiger partial charge < -0.3 is 15.1 Å². The summed E-state index contributed by atoms with van der Waals surface area (Å²) < 4.78 is 0. The average molecular weight is 279 g/mol. The minimum absolute atomic E-state index is 0.0647. The van der Waals surface area contributed by atoms with E-state index in [1.54, 1.807) is 4.90 Å². The van der Waals surface area contributed by atoms with E-state index in [9.17, 15) is 9.59 Å². The predicted octanol–water partition coefficient (Wildman–Crippen LogP) is 0.740. The van der Waals surface area contributed by atoms with Crippen LogP contribution in [0.25, 0.3) is 0 Å². The molecule has 5 heteroatoms. The molecule has 0 aromatic heterocycles. The molecule has 2 heterocycles. The summed E-state index contributed by atoms with van der Waals surface area (Å²) in [5, 5.41) is 3.42. The first kappa shape index (κ1) is 13.9. The van der Waals surface area contributed by atoms with Crippen molar-refractivity contribution in [2.75, 3.05) is 19.6 Å². The van der Waals surface area contributed by atoms with Gasteiger partial charge in [0.1, 0.15) is 6.04 Å². The fraction of sp³-hybridized carbons (Fsp3) is 0.867. The Morgan fingerprint density at radius 3 is 2.50 bits per heavy atom. The smallest absolute Gasteiger partial charge is 0.245 e. The van der Waals surface area contributed by atoms with Crippen molar-refractivity contribution in [2.45, 2.75) is 63.6 Å². The number of hydrogen-bond donors (Lipinski definition) is 1. The molecule has 0 radical (unpaired) electrons. The highest BCUT2D eigenvalue weighted by Gasteiger charge is 2.38. The van der Waals surface area contributed by atoms with Gasteiger partial charge in [0.15, 0.2) is 0 Å². The summed E-state index contributed by atoms with van der Waals surface area (Å²) in [5.41, 5.74) is 0. The van der Waals surface area contributed by atoms with E-state index in [4.69, 9.17) is 0 Å². The molecule has 0 spiro atoms. The second-order valence-corrected chi connectivity index (χ2v) is 6.38. The second-order valence-electron chi connectivity index (χ2n) is 6.38. The summed E-state index contributed by atoms with van der Waals surface area (Å²) in [4.78, 5) is 28.7. The Balaban J connectivity index is 1.61. The first-order valence-corrected chi connectivity index (χ1v) is 8.02. The first-order valence-electron chi connectivity index (χ1n) is 8.02. The number of rotatable bonds is 4. The van der Waals surface area contributed by atoms with E-state index < -0.39 is 0 Å². The number of carbonyl (C=O) groups is 2. The third-order valence-corrected chi connectivity index (χ3v) is 4.73. The maximum Gasteiger partial charge on any atom is 0.245 e. The molecule has 3 aliphatic rings. The molecule has 1 aliphatic carbocycles. The Hall–Kier alpha value is -1.10. The van der Waals surface area contributed by atoms with E-state index in [1.165, 1.54) is 12.8 Å². The average Bonchev–Trinajstić information content (AvgIpc) is 3.10. The van der Waals surface area contributed by atoms with E-state index >= 15 is 0 Å². The number of nitrogens with one attached hydrogen (secondary N) is 1. The lowest BCUT2D eigenvalue weighted by Crippen LogP contribution is -2.57. The summed E-state index contributed by atoms with van der Waals surface area (Å²) in [6, 6.07) is 0.169. The Kier molecular flexibility index (Phi) is 3.96. The van der Waals surface area contributed by atoms with Gasteiger partial charge in [-0.1, -0.05) is 0 Å². The zero-order valence-electron chi connectivity index (χ0n) is 12.3. The van der Waals surface area contributed by atoms with Gasteiger partial charge in [-0.05, 0) is 45.4 Å². The SMILES string of the molecule is CC(C(=O)N1CCCC1)N1CCCC(NC2CC2)C1=O. The van der Waals surface area contributed by atoms with Gasteiger partial charge in [-0.25, -0.2) is 0 Å². The van der Waals surface area contributed by atoms with Gasteiger partial charge in [0.25, 0.3) is 0 Å². The van der Waals surface area contributed by atoms with Gasteiger partial charge in [0.05, 0.1) is 6.04 Å². The molecule has 2 atom stereocenters. The standard InChI is InChI=1S/C15H25N3O2/c1-11(14(19)17-8-2-3-9-17)18-10-4-5-13(15(18)20)16-12-6-7-12/h11-13,16H,2-10H2,1H3. The number of carbonyl (C=O) groups excluding carboxylic acids is 2. The second kappa shape index (κ2) is 5.72. The maximum absolute atomic E-state index is 12.5. The molecule has 112 valence electrons. The van der Waals surface area contributed by atoms with Crippen molar-refractivity contribution >= 4 is 11.8 Å². The lowest BCUT2D eigenvalue weighted by atomic mass is 10.0. The number of amides is 2. The summed E-state index contributed by atoms with van der Waals surface area (Å²) in [7, 11) is 0.